The lowest BCUT2D eigenvalue weighted by Gasteiger charge is -2.08. The highest BCUT2D eigenvalue weighted by molar-refractivity contribution is 8.13. The van der Waals surface area contributed by atoms with E-state index in [0.717, 1.165) is 0 Å². The van der Waals surface area contributed by atoms with E-state index in [0.29, 0.717) is 10.6 Å². The van der Waals surface area contributed by atoms with E-state index >= 15 is 0 Å². The SMILES string of the molecule is O=C(Nc1ccc(S(=O)(=O)Cl)cc1Cl)c1ccc(Cl)cc1. The van der Waals surface area contributed by atoms with Gasteiger partial charge in [0.25, 0.3) is 15.0 Å². The van der Waals surface area contributed by atoms with Crippen molar-refractivity contribution in [2.24, 2.45) is 0 Å². The molecule has 0 aliphatic rings. The molecule has 0 saturated heterocycles. The molecule has 21 heavy (non-hydrogen) atoms. The normalized spacial score (nSPS) is 11.2. The second-order valence-corrected chi connectivity index (χ2v) is 7.45. The van der Waals surface area contributed by atoms with Gasteiger partial charge in [-0.3, -0.25) is 4.79 Å². The first-order valence-corrected chi connectivity index (χ1v) is 8.65. The minimum Gasteiger partial charge on any atom is -0.321 e. The average molecular weight is 365 g/mol. The number of rotatable bonds is 3. The number of carbonyl (C=O) groups is 1. The lowest BCUT2D eigenvalue weighted by Crippen LogP contribution is -2.12. The highest BCUT2D eigenvalue weighted by atomic mass is 35.7. The van der Waals surface area contributed by atoms with Crippen LogP contribution < -0.4 is 5.32 Å². The van der Waals surface area contributed by atoms with Crippen LogP contribution in [0.5, 0.6) is 0 Å². The lowest BCUT2D eigenvalue weighted by molar-refractivity contribution is 0.102. The summed E-state index contributed by atoms with van der Waals surface area (Å²) >= 11 is 11.7. The summed E-state index contributed by atoms with van der Waals surface area (Å²) in [7, 11) is 1.35. The minimum absolute atomic E-state index is 0.0686. The molecule has 0 unspecified atom stereocenters. The van der Waals surface area contributed by atoms with Crippen LogP contribution in [0.15, 0.2) is 47.4 Å². The molecule has 2 rings (SSSR count). The molecule has 2 aromatic rings. The second kappa shape index (κ2) is 6.23. The minimum atomic E-state index is -3.87. The first-order chi connectivity index (χ1) is 9.77. The van der Waals surface area contributed by atoms with Crippen molar-refractivity contribution in [3.8, 4) is 0 Å². The van der Waals surface area contributed by atoms with Gasteiger partial charge in [0.15, 0.2) is 0 Å². The Morgan fingerprint density at radius 2 is 1.62 bits per heavy atom. The third-order valence-electron chi connectivity index (χ3n) is 2.58. The van der Waals surface area contributed by atoms with E-state index in [4.69, 9.17) is 33.9 Å². The maximum Gasteiger partial charge on any atom is 0.261 e. The van der Waals surface area contributed by atoms with Gasteiger partial charge in [-0.2, -0.15) is 0 Å². The molecule has 1 N–H and O–H groups in total. The van der Waals surface area contributed by atoms with Crippen LogP contribution in [0.4, 0.5) is 5.69 Å². The van der Waals surface area contributed by atoms with Gasteiger partial charge in [-0.05, 0) is 42.5 Å². The van der Waals surface area contributed by atoms with Gasteiger partial charge < -0.3 is 5.32 Å². The first-order valence-electron chi connectivity index (χ1n) is 5.58. The molecule has 2 aromatic carbocycles. The Morgan fingerprint density at radius 1 is 1.00 bits per heavy atom. The summed E-state index contributed by atoms with van der Waals surface area (Å²) in [6.45, 7) is 0. The van der Waals surface area contributed by atoms with E-state index in [1.807, 2.05) is 0 Å². The monoisotopic (exact) mass is 363 g/mol. The Kier molecular flexibility index (Phi) is 4.78. The second-order valence-electron chi connectivity index (χ2n) is 4.04. The van der Waals surface area contributed by atoms with E-state index in [1.165, 1.54) is 18.2 Å². The molecule has 0 spiro atoms. The van der Waals surface area contributed by atoms with Crippen LogP contribution in [-0.2, 0) is 9.05 Å². The highest BCUT2D eigenvalue weighted by Crippen LogP contribution is 2.27. The Morgan fingerprint density at radius 3 is 2.14 bits per heavy atom. The molecular formula is C13H8Cl3NO3S. The Bertz CT molecular complexity index is 789. The number of amides is 1. The fourth-order valence-electron chi connectivity index (χ4n) is 1.54. The van der Waals surface area contributed by atoms with Crippen molar-refractivity contribution in [3.63, 3.8) is 0 Å². The standard InChI is InChI=1S/C13H8Cl3NO3S/c14-9-3-1-8(2-4-9)13(18)17-12-6-5-10(7-11(12)15)21(16,19)20/h1-7H,(H,17,18). The van der Waals surface area contributed by atoms with Crippen LogP contribution in [0.25, 0.3) is 0 Å². The number of hydrogen-bond acceptors (Lipinski definition) is 3. The van der Waals surface area contributed by atoms with E-state index in [-0.39, 0.29) is 15.6 Å². The van der Waals surface area contributed by atoms with E-state index in [1.54, 1.807) is 24.3 Å². The zero-order valence-electron chi connectivity index (χ0n) is 10.3. The van der Waals surface area contributed by atoms with E-state index in [2.05, 4.69) is 5.32 Å². The number of benzene rings is 2. The Hall–Kier alpha value is -1.27. The lowest BCUT2D eigenvalue weighted by atomic mass is 10.2. The molecule has 0 aromatic heterocycles. The van der Waals surface area contributed by atoms with Crippen LogP contribution in [-0.4, -0.2) is 14.3 Å². The van der Waals surface area contributed by atoms with Gasteiger partial charge >= 0.3 is 0 Å². The molecule has 1 amide bonds. The van der Waals surface area contributed by atoms with E-state index in [9.17, 15) is 13.2 Å². The molecule has 8 heteroatoms. The quantitative estimate of drug-likeness (QED) is 0.831. The molecule has 0 aliphatic carbocycles. The Labute approximate surface area is 136 Å². The van der Waals surface area contributed by atoms with Gasteiger partial charge in [0, 0.05) is 21.3 Å². The van der Waals surface area contributed by atoms with Crippen molar-refractivity contribution in [3.05, 3.63) is 58.1 Å². The summed E-state index contributed by atoms with van der Waals surface area (Å²) in [6.07, 6.45) is 0. The summed E-state index contributed by atoms with van der Waals surface area (Å²) in [6, 6.07) is 10.1. The topological polar surface area (TPSA) is 63.2 Å². The summed E-state index contributed by atoms with van der Waals surface area (Å²) in [5.74, 6) is -0.393. The first kappa shape index (κ1) is 16.1. The molecule has 0 bridgehead atoms. The summed E-state index contributed by atoms with van der Waals surface area (Å²) in [5, 5.41) is 3.16. The molecule has 0 saturated carbocycles. The van der Waals surface area contributed by atoms with Crippen LogP contribution in [0.3, 0.4) is 0 Å². The van der Waals surface area contributed by atoms with Crippen molar-refractivity contribution in [2.45, 2.75) is 4.90 Å². The van der Waals surface area contributed by atoms with Gasteiger partial charge in [0.1, 0.15) is 0 Å². The highest BCUT2D eigenvalue weighted by Gasteiger charge is 2.14. The maximum atomic E-state index is 12.0. The smallest absolute Gasteiger partial charge is 0.261 e. The number of anilines is 1. The molecule has 110 valence electrons. The van der Waals surface area contributed by atoms with Crippen molar-refractivity contribution < 1.29 is 13.2 Å². The average Bonchev–Trinajstić information content (AvgIpc) is 2.40. The van der Waals surface area contributed by atoms with Crippen LogP contribution in [0.1, 0.15) is 10.4 Å². The molecule has 0 aliphatic heterocycles. The Balaban J connectivity index is 2.24. The summed E-state index contributed by atoms with van der Waals surface area (Å²) in [4.78, 5) is 11.9. The third kappa shape index (κ3) is 4.11. The van der Waals surface area contributed by atoms with Gasteiger partial charge in [-0.1, -0.05) is 23.2 Å². The predicted octanol–water partition coefficient (Wildman–Crippen LogP) is 4.17. The molecule has 0 radical (unpaired) electrons. The van der Waals surface area contributed by atoms with Crippen LogP contribution in [0, 0.1) is 0 Å². The largest absolute Gasteiger partial charge is 0.321 e. The number of carbonyl (C=O) groups excluding carboxylic acids is 1. The molecule has 0 fully saturated rings. The maximum absolute atomic E-state index is 12.0. The molecule has 4 nitrogen and oxygen atoms in total. The number of nitrogens with one attached hydrogen (secondary N) is 1. The van der Waals surface area contributed by atoms with Gasteiger partial charge in [-0.15, -0.1) is 0 Å². The number of halogens is 3. The van der Waals surface area contributed by atoms with Crippen LogP contribution in [0.2, 0.25) is 10.0 Å². The fraction of sp³-hybridized carbons (Fsp3) is 0. The van der Waals surface area contributed by atoms with E-state index < -0.39 is 15.0 Å². The fourth-order valence-corrected chi connectivity index (χ4v) is 2.74. The van der Waals surface area contributed by atoms with Gasteiger partial charge in [0.2, 0.25) is 0 Å². The van der Waals surface area contributed by atoms with Crippen molar-refractivity contribution in [1.82, 2.24) is 0 Å². The van der Waals surface area contributed by atoms with Crippen molar-refractivity contribution in [2.75, 3.05) is 5.32 Å². The van der Waals surface area contributed by atoms with Gasteiger partial charge in [-0.25, -0.2) is 8.42 Å². The molecule has 0 atom stereocenters. The molecule has 0 heterocycles. The van der Waals surface area contributed by atoms with Gasteiger partial charge in [0.05, 0.1) is 15.6 Å². The zero-order chi connectivity index (χ0) is 15.6. The summed E-state index contributed by atoms with van der Waals surface area (Å²) < 4.78 is 22.4. The third-order valence-corrected chi connectivity index (χ3v) is 4.49. The predicted molar refractivity (Wildman–Crippen MR) is 83.9 cm³/mol. The zero-order valence-corrected chi connectivity index (χ0v) is 13.4. The van der Waals surface area contributed by atoms with Crippen molar-refractivity contribution >= 4 is 54.5 Å². The summed E-state index contributed by atoms with van der Waals surface area (Å²) in [5.41, 5.74) is 0.671. The number of hydrogen-bond donors (Lipinski definition) is 1. The molecular weight excluding hydrogens is 357 g/mol. The van der Waals surface area contributed by atoms with Crippen molar-refractivity contribution in [1.29, 1.82) is 0 Å². The van der Waals surface area contributed by atoms with Crippen LogP contribution >= 0.6 is 33.9 Å².